The van der Waals surface area contributed by atoms with Gasteiger partial charge < -0.3 is 10.1 Å². The van der Waals surface area contributed by atoms with E-state index in [1.54, 1.807) is 41.9 Å². The zero-order chi connectivity index (χ0) is 18.8. The number of rotatable bonds is 4. The van der Waals surface area contributed by atoms with Gasteiger partial charge in [0, 0.05) is 6.07 Å². The summed E-state index contributed by atoms with van der Waals surface area (Å²) in [5.74, 6) is 0.602. The first-order chi connectivity index (χ1) is 13.0. The standard InChI is InChI=1S/C17H13FN6O2S/c1-10-20-14-6-5-12(9-24(14)23-10)21-16(25)22-17-19-8-15(27-17)26-13-4-2-3-11(18)7-13/h2-9H,1H3,(H2,19,21,22,25). The minimum atomic E-state index is -0.460. The number of pyridine rings is 1. The van der Waals surface area contributed by atoms with Gasteiger partial charge in [0.1, 0.15) is 17.4 Å². The van der Waals surface area contributed by atoms with Gasteiger partial charge in [-0.3, -0.25) is 5.32 Å². The number of halogens is 1. The van der Waals surface area contributed by atoms with Crippen molar-refractivity contribution in [3.63, 3.8) is 0 Å². The summed E-state index contributed by atoms with van der Waals surface area (Å²) in [7, 11) is 0. The highest BCUT2D eigenvalue weighted by molar-refractivity contribution is 7.17. The predicted octanol–water partition coefficient (Wildman–Crippen LogP) is 4.07. The van der Waals surface area contributed by atoms with Crippen LogP contribution in [0.25, 0.3) is 5.65 Å². The molecule has 0 aliphatic carbocycles. The zero-order valence-electron chi connectivity index (χ0n) is 14.0. The number of anilines is 2. The van der Waals surface area contributed by atoms with Crippen LogP contribution < -0.4 is 15.4 Å². The SMILES string of the molecule is Cc1nc2ccc(NC(=O)Nc3ncc(Oc4cccc(F)c4)s3)cn2n1. The second-order valence-electron chi connectivity index (χ2n) is 5.50. The van der Waals surface area contributed by atoms with Crippen molar-refractivity contribution in [1.29, 1.82) is 0 Å². The summed E-state index contributed by atoms with van der Waals surface area (Å²) in [6.45, 7) is 1.79. The lowest BCUT2D eigenvalue weighted by Crippen LogP contribution is -2.19. The van der Waals surface area contributed by atoms with Crippen molar-refractivity contribution >= 4 is 33.8 Å². The molecule has 2 amide bonds. The van der Waals surface area contributed by atoms with Crippen molar-refractivity contribution in [3.8, 4) is 10.8 Å². The van der Waals surface area contributed by atoms with Crippen LogP contribution >= 0.6 is 11.3 Å². The number of hydrogen-bond acceptors (Lipinski definition) is 6. The first-order valence-corrected chi connectivity index (χ1v) is 8.67. The number of ether oxygens (including phenoxy) is 1. The number of carbonyl (C=O) groups excluding carboxylic acids is 1. The quantitative estimate of drug-likeness (QED) is 0.553. The first-order valence-electron chi connectivity index (χ1n) is 7.85. The molecule has 2 N–H and O–H groups in total. The Labute approximate surface area is 156 Å². The molecule has 4 rings (SSSR count). The molecule has 27 heavy (non-hydrogen) atoms. The molecule has 136 valence electrons. The molecule has 0 saturated heterocycles. The average molecular weight is 384 g/mol. The number of benzene rings is 1. The predicted molar refractivity (Wildman–Crippen MR) is 99.0 cm³/mol. The summed E-state index contributed by atoms with van der Waals surface area (Å²) in [4.78, 5) is 20.4. The number of urea groups is 1. The molecule has 4 aromatic rings. The Balaban J connectivity index is 1.39. The van der Waals surface area contributed by atoms with Gasteiger partial charge in [0.25, 0.3) is 0 Å². The summed E-state index contributed by atoms with van der Waals surface area (Å²) < 4.78 is 20.3. The van der Waals surface area contributed by atoms with Gasteiger partial charge in [-0.1, -0.05) is 17.4 Å². The first kappa shape index (κ1) is 16.9. The van der Waals surface area contributed by atoms with Gasteiger partial charge in [0.2, 0.25) is 5.06 Å². The van der Waals surface area contributed by atoms with Crippen molar-refractivity contribution in [2.45, 2.75) is 6.92 Å². The molecule has 0 aliphatic rings. The smallest absolute Gasteiger partial charge is 0.325 e. The number of hydrogen-bond donors (Lipinski definition) is 2. The van der Waals surface area contributed by atoms with E-state index in [0.717, 1.165) is 11.3 Å². The van der Waals surface area contributed by atoms with E-state index in [-0.39, 0.29) is 0 Å². The van der Waals surface area contributed by atoms with Crippen LogP contribution in [0.1, 0.15) is 5.82 Å². The van der Waals surface area contributed by atoms with Gasteiger partial charge in [0.15, 0.2) is 10.8 Å². The van der Waals surface area contributed by atoms with E-state index < -0.39 is 11.8 Å². The second kappa shape index (κ2) is 7.00. The van der Waals surface area contributed by atoms with Gasteiger partial charge in [-0.05, 0) is 31.2 Å². The fourth-order valence-corrected chi connectivity index (χ4v) is 3.02. The van der Waals surface area contributed by atoms with E-state index in [2.05, 4.69) is 25.7 Å². The molecule has 10 heteroatoms. The Morgan fingerprint density at radius 2 is 2.15 bits per heavy atom. The molecule has 8 nitrogen and oxygen atoms in total. The number of aryl methyl sites for hydroxylation is 1. The minimum absolute atomic E-state index is 0.344. The average Bonchev–Trinajstić information content (AvgIpc) is 3.19. The number of fused-ring (bicyclic) bond motifs is 1. The number of nitrogens with one attached hydrogen (secondary N) is 2. The Kier molecular flexibility index (Phi) is 4.38. The van der Waals surface area contributed by atoms with E-state index in [0.29, 0.717) is 33.1 Å². The highest BCUT2D eigenvalue weighted by Gasteiger charge is 2.09. The van der Waals surface area contributed by atoms with E-state index in [1.807, 2.05) is 0 Å². The largest absolute Gasteiger partial charge is 0.445 e. The number of carbonyl (C=O) groups is 1. The Hall–Kier alpha value is -3.53. The molecule has 0 aliphatic heterocycles. The minimum Gasteiger partial charge on any atom is -0.445 e. The number of aromatic nitrogens is 4. The highest BCUT2D eigenvalue weighted by atomic mass is 32.1. The fourth-order valence-electron chi connectivity index (χ4n) is 2.34. The van der Waals surface area contributed by atoms with E-state index in [1.165, 1.54) is 18.3 Å². The van der Waals surface area contributed by atoms with Gasteiger partial charge in [-0.25, -0.2) is 23.7 Å². The Morgan fingerprint density at radius 3 is 3.00 bits per heavy atom. The molecule has 0 atom stereocenters. The van der Waals surface area contributed by atoms with Crippen molar-refractivity contribution in [2.75, 3.05) is 10.6 Å². The zero-order valence-corrected chi connectivity index (χ0v) is 14.8. The van der Waals surface area contributed by atoms with Crippen LogP contribution in [0.4, 0.5) is 20.0 Å². The molecule has 0 bridgehead atoms. The third-order valence-electron chi connectivity index (χ3n) is 3.41. The maximum Gasteiger partial charge on any atom is 0.325 e. The summed E-state index contributed by atoms with van der Waals surface area (Å²) in [5, 5.41) is 10.3. The molecular formula is C17H13FN6O2S. The second-order valence-corrected chi connectivity index (χ2v) is 6.50. The molecule has 3 aromatic heterocycles. The highest BCUT2D eigenvalue weighted by Crippen LogP contribution is 2.30. The van der Waals surface area contributed by atoms with Crippen LogP contribution in [-0.2, 0) is 0 Å². The van der Waals surface area contributed by atoms with E-state index in [9.17, 15) is 9.18 Å². The van der Waals surface area contributed by atoms with Crippen LogP contribution in [0, 0.1) is 12.7 Å². The maximum absolute atomic E-state index is 13.2. The van der Waals surface area contributed by atoms with E-state index >= 15 is 0 Å². The number of thiazole rings is 1. The number of nitrogens with zero attached hydrogens (tertiary/aromatic N) is 4. The third-order valence-corrected chi connectivity index (χ3v) is 4.20. The van der Waals surface area contributed by atoms with Crippen LogP contribution in [0.3, 0.4) is 0 Å². The van der Waals surface area contributed by atoms with Crippen LogP contribution in [-0.4, -0.2) is 25.6 Å². The molecule has 1 aromatic carbocycles. The lowest BCUT2D eigenvalue weighted by molar-refractivity contribution is 0.262. The van der Waals surface area contributed by atoms with Crippen molar-refractivity contribution in [2.24, 2.45) is 0 Å². The third kappa shape index (κ3) is 4.01. The topological polar surface area (TPSA) is 93.4 Å². The molecular weight excluding hydrogens is 371 g/mol. The maximum atomic E-state index is 13.2. The van der Waals surface area contributed by atoms with Gasteiger partial charge >= 0.3 is 6.03 Å². The molecule has 0 saturated carbocycles. The van der Waals surface area contributed by atoms with Gasteiger partial charge in [-0.15, -0.1) is 0 Å². The lowest BCUT2D eigenvalue weighted by atomic mass is 10.3. The van der Waals surface area contributed by atoms with Crippen LogP contribution in [0.15, 0.2) is 48.8 Å². The van der Waals surface area contributed by atoms with E-state index in [4.69, 9.17) is 4.74 Å². The van der Waals surface area contributed by atoms with Crippen LogP contribution in [0.2, 0.25) is 0 Å². The van der Waals surface area contributed by atoms with Crippen LogP contribution in [0.5, 0.6) is 10.8 Å². The monoisotopic (exact) mass is 384 g/mol. The fraction of sp³-hybridized carbons (Fsp3) is 0.0588. The van der Waals surface area contributed by atoms with Crippen molar-refractivity contribution in [3.05, 3.63) is 60.4 Å². The summed E-state index contributed by atoms with van der Waals surface area (Å²) >= 11 is 1.12. The molecule has 0 spiro atoms. The van der Waals surface area contributed by atoms with Gasteiger partial charge in [-0.2, -0.15) is 5.10 Å². The number of amides is 2. The normalized spacial score (nSPS) is 10.7. The molecule has 0 unspecified atom stereocenters. The Bertz CT molecular complexity index is 1130. The molecule has 3 heterocycles. The Morgan fingerprint density at radius 1 is 1.26 bits per heavy atom. The molecule has 0 radical (unpaired) electrons. The summed E-state index contributed by atoms with van der Waals surface area (Å²) in [6.07, 6.45) is 3.12. The summed E-state index contributed by atoms with van der Waals surface area (Å²) in [5.41, 5.74) is 1.25. The summed E-state index contributed by atoms with van der Waals surface area (Å²) in [6, 6.07) is 8.79. The lowest BCUT2D eigenvalue weighted by Gasteiger charge is -2.05. The molecule has 0 fully saturated rings. The van der Waals surface area contributed by atoms with Crippen molar-refractivity contribution < 1.29 is 13.9 Å². The van der Waals surface area contributed by atoms with Crippen molar-refractivity contribution in [1.82, 2.24) is 19.6 Å². The van der Waals surface area contributed by atoms with Gasteiger partial charge in [0.05, 0.1) is 18.1 Å².